The number of benzene rings is 1. The maximum absolute atomic E-state index is 12.9. The van der Waals surface area contributed by atoms with Crippen LogP contribution in [0, 0.1) is 0 Å². The average Bonchev–Trinajstić information content (AvgIpc) is 2.57. The molecule has 3 amide bonds. The summed E-state index contributed by atoms with van der Waals surface area (Å²) in [5, 5.41) is 4.48. The van der Waals surface area contributed by atoms with E-state index in [1.54, 1.807) is 4.90 Å². The van der Waals surface area contributed by atoms with Crippen LogP contribution in [0.15, 0.2) is 24.3 Å². The zero-order chi connectivity index (χ0) is 16.9. The van der Waals surface area contributed by atoms with E-state index in [0.29, 0.717) is 13.1 Å². The average molecular weight is 326 g/mol. The first-order valence-electron chi connectivity index (χ1n) is 7.35. The summed E-state index contributed by atoms with van der Waals surface area (Å²) >= 11 is 0. The summed E-state index contributed by atoms with van der Waals surface area (Å²) in [6.07, 6.45) is 0.749. The van der Waals surface area contributed by atoms with Crippen molar-refractivity contribution in [2.45, 2.75) is 18.9 Å². The van der Waals surface area contributed by atoms with Gasteiger partial charge in [-0.2, -0.15) is 0 Å². The maximum Gasteiger partial charge on any atom is 0.318 e. The van der Waals surface area contributed by atoms with Crippen LogP contribution in [0.5, 0.6) is 0 Å². The molecule has 1 heterocycles. The number of hydrogen-bond acceptors (Lipinski definition) is 3. The van der Waals surface area contributed by atoms with Crippen LogP contribution in [0.4, 0.5) is 13.6 Å². The molecule has 1 aliphatic rings. The molecule has 0 fully saturated rings. The number of alkyl halides is 2. The molecule has 1 aliphatic heterocycles. The number of nitrogens with zero attached hydrogens (tertiary/aromatic N) is 1. The second-order valence-corrected chi connectivity index (χ2v) is 5.44. The number of carbonyl (C=O) groups excluding carboxylic acids is 2. The molecular weight excluding hydrogens is 306 g/mol. The highest BCUT2D eigenvalue weighted by Crippen LogP contribution is 2.18. The maximum atomic E-state index is 12.9. The molecule has 23 heavy (non-hydrogen) atoms. The van der Waals surface area contributed by atoms with Gasteiger partial charge in [-0.05, 0) is 17.5 Å². The van der Waals surface area contributed by atoms with E-state index >= 15 is 0 Å². The Morgan fingerprint density at radius 2 is 1.91 bits per heavy atom. The summed E-state index contributed by atoms with van der Waals surface area (Å²) in [7, 11) is 0. The van der Waals surface area contributed by atoms with Crippen molar-refractivity contribution >= 4 is 11.9 Å². The molecule has 0 atom stereocenters. The van der Waals surface area contributed by atoms with Gasteiger partial charge in [-0.25, -0.2) is 13.6 Å². The predicted octanol–water partition coefficient (Wildman–Crippen LogP) is 0.465. The van der Waals surface area contributed by atoms with Crippen molar-refractivity contribution in [2.75, 3.05) is 26.2 Å². The fourth-order valence-electron chi connectivity index (χ4n) is 2.30. The van der Waals surface area contributed by atoms with Crippen molar-refractivity contribution in [3.63, 3.8) is 0 Å². The molecule has 2 rings (SSSR count). The Morgan fingerprint density at radius 3 is 2.61 bits per heavy atom. The number of rotatable bonds is 5. The largest absolute Gasteiger partial charge is 0.348 e. The van der Waals surface area contributed by atoms with Gasteiger partial charge in [-0.3, -0.25) is 4.79 Å². The molecule has 4 N–H and O–H groups in total. The third-order valence-corrected chi connectivity index (χ3v) is 3.66. The lowest BCUT2D eigenvalue weighted by Gasteiger charge is -2.28. The van der Waals surface area contributed by atoms with Crippen molar-refractivity contribution in [1.29, 1.82) is 0 Å². The van der Waals surface area contributed by atoms with Crippen LogP contribution < -0.4 is 16.4 Å². The first-order valence-corrected chi connectivity index (χ1v) is 7.35. The fraction of sp³-hybridized carbons (Fsp3) is 0.467. The highest BCUT2D eigenvalue weighted by atomic mass is 19.3. The molecule has 1 aromatic rings. The molecule has 126 valence electrons. The molecule has 0 aromatic heterocycles. The van der Waals surface area contributed by atoms with Gasteiger partial charge in [0, 0.05) is 13.1 Å². The second kappa shape index (κ2) is 7.36. The summed E-state index contributed by atoms with van der Waals surface area (Å²) < 4.78 is 25.8. The zero-order valence-electron chi connectivity index (χ0n) is 12.6. The van der Waals surface area contributed by atoms with Crippen molar-refractivity contribution in [3.8, 4) is 0 Å². The Balaban J connectivity index is 1.76. The van der Waals surface area contributed by atoms with Crippen LogP contribution in [0.3, 0.4) is 0 Å². The molecule has 0 aliphatic carbocycles. The minimum atomic E-state index is -3.14. The lowest BCUT2D eigenvalue weighted by Crippen LogP contribution is -2.48. The van der Waals surface area contributed by atoms with Crippen LogP contribution >= 0.6 is 0 Å². The van der Waals surface area contributed by atoms with E-state index in [0.717, 1.165) is 12.0 Å². The van der Waals surface area contributed by atoms with E-state index in [-0.39, 0.29) is 12.6 Å². The van der Waals surface area contributed by atoms with E-state index in [1.165, 1.54) is 5.56 Å². The van der Waals surface area contributed by atoms with E-state index in [9.17, 15) is 18.4 Å². The number of fused-ring (bicyclic) bond motifs is 1. The van der Waals surface area contributed by atoms with Crippen LogP contribution in [-0.4, -0.2) is 48.9 Å². The third kappa shape index (κ3) is 4.88. The second-order valence-electron chi connectivity index (χ2n) is 5.44. The van der Waals surface area contributed by atoms with Crippen LogP contribution in [-0.2, 0) is 17.8 Å². The summed E-state index contributed by atoms with van der Waals surface area (Å²) in [6.45, 7) is -1.01. The van der Waals surface area contributed by atoms with E-state index in [2.05, 4.69) is 5.32 Å². The van der Waals surface area contributed by atoms with Crippen LogP contribution in [0.1, 0.15) is 11.1 Å². The number of nitrogens with one attached hydrogen (secondary N) is 2. The monoisotopic (exact) mass is 326 g/mol. The fourth-order valence-corrected chi connectivity index (χ4v) is 2.30. The SMILES string of the molecule is NCC(F)(F)CNC(=O)CNC(=O)N1CCc2ccccc2C1. The number of amides is 3. The summed E-state index contributed by atoms with van der Waals surface area (Å²) in [4.78, 5) is 25.1. The standard InChI is InChI=1S/C15H20F2N4O2/c16-15(17,9-18)10-20-13(22)7-19-14(23)21-6-5-11-3-1-2-4-12(11)8-21/h1-4H,5-10,18H2,(H,19,23)(H,20,22). The number of halogens is 2. The van der Waals surface area contributed by atoms with E-state index in [4.69, 9.17) is 5.73 Å². The molecule has 0 radical (unpaired) electrons. The summed E-state index contributed by atoms with van der Waals surface area (Å²) in [5.41, 5.74) is 7.15. The minimum Gasteiger partial charge on any atom is -0.348 e. The van der Waals surface area contributed by atoms with Gasteiger partial charge in [0.2, 0.25) is 5.91 Å². The highest BCUT2D eigenvalue weighted by Gasteiger charge is 2.27. The molecule has 0 saturated carbocycles. The molecule has 0 saturated heterocycles. The molecule has 6 nitrogen and oxygen atoms in total. The first-order chi connectivity index (χ1) is 10.9. The lowest BCUT2D eigenvalue weighted by molar-refractivity contribution is -0.121. The Morgan fingerprint density at radius 1 is 1.22 bits per heavy atom. The zero-order valence-corrected chi connectivity index (χ0v) is 12.6. The minimum absolute atomic E-state index is 0.350. The molecular formula is C15H20F2N4O2. The highest BCUT2D eigenvalue weighted by molar-refractivity contribution is 5.84. The predicted molar refractivity (Wildman–Crippen MR) is 81.0 cm³/mol. The van der Waals surface area contributed by atoms with Gasteiger partial charge in [-0.1, -0.05) is 24.3 Å². The normalized spacial score (nSPS) is 14.1. The van der Waals surface area contributed by atoms with Gasteiger partial charge in [0.25, 0.3) is 5.92 Å². The van der Waals surface area contributed by atoms with Gasteiger partial charge >= 0.3 is 6.03 Å². The van der Waals surface area contributed by atoms with Gasteiger partial charge in [0.15, 0.2) is 0 Å². The number of hydrogen-bond donors (Lipinski definition) is 3. The van der Waals surface area contributed by atoms with Crippen molar-refractivity contribution < 1.29 is 18.4 Å². The van der Waals surface area contributed by atoms with Crippen LogP contribution in [0.25, 0.3) is 0 Å². The topological polar surface area (TPSA) is 87.5 Å². The Hall–Kier alpha value is -2.22. The summed E-state index contributed by atoms with van der Waals surface area (Å²) in [6, 6.07) is 7.45. The molecule has 0 unspecified atom stereocenters. The van der Waals surface area contributed by atoms with E-state index < -0.39 is 24.9 Å². The number of carbonyl (C=O) groups is 2. The van der Waals surface area contributed by atoms with Crippen molar-refractivity contribution in [2.24, 2.45) is 5.73 Å². The Kier molecular flexibility index (Phi) is 5.49. The third-order valence-electron chi connectivity index (χ3n) is 3.66. The smallest absolute Gasteiger partial charge is 0.318 e. The quantitative estimate of drug-likeness (QED) is 0.735. The van der Waals surface area contributed by atoms with Gasteiger partial charge in [0.05, 0.1) is 19.6 Å². The molecule has 0 bridgehead atoms. The van der Waals surface area contributed by atoms with Gasteiger partial charge in [0.1, 0.15) is 0 Å². The van der Waals surface area contributed by atoms with Crippen LogP contribution in [0.2, 0.25) is 0 Å². The van der Waals surface area contributed by atoms with Gasteiger partial charge in [-0.15, -0.1) is 0 Å². The van der Waals surface area contributed by atoms with Crippen molar-refractivity contribution in [3.05, 3.63) is 35.4 Å². The molecule has 0 spiro atoms. The molecule has 1 aromatic carbocycles. The molecule has 8 heteroatoms. The lowest BCUT2D eigenvalue weighted by atomic mass is 10.0. The van der Waals surface area contributed by atoms with Gasteiger partial charge < -0.3 is 21.3 Å². The van der Waals surface area contributed by atoms with E-state index in [1.807, 2.05) is 29.6 Å². The summed E-state index contributed by atoms with van der Waals surface area (Å²) in [5.74, 6) is -3.82. The Bertz CT molecular complexity index is 580. The Labute approximate surface area is 133 Å². The van der Waals surface area contributed by atoms with Crippen molar-refractivity contribution in [1.82, 2.24) is 15.5 Å². The number of urea groups is 1. The first kappa shape index (κ1) is 17.1. The number of nitrogens with two attached hydrogens (primary N) is 1.